The van der Waals surface area contributed by atoms with E-state index in [1.165, 1.54) is 25.7 Å². The average molecular weight is 383 g/mol. The molecule has 1 aromatic heterocycles. The fourth-order valence-corrected chi connectivity index (χ4v) is 4.86. The van der Waals surface area contributed by atoms with Gasteiger partial charge in [-0.1, -0.05) is 68.2 Å². The van der Waals surface area contributed by atoms with E-state index in [2.05, 4.69) is 12.1 Å². The zero-order chi connectivity index (χ0) is 19.8. The van der Waals surface area contributed by atoms with E-state index in [1.807, 2.05) is 54.6 Å². The SMILES string of the molecule is COC1(CC2CCCC2)C=Cc2ccc(-c3ccc4ccccc4n3)cc2C1=O. The van der Waals surface area contributed by atoms with E-state index in [1.54, 1.807) is 7.11 Å². The third-order valence-electron chi connectivity index (χ3n) is 6.54. The van der Waals surface area contributed by atoms with Crippen molar-refractivity contribution in [2.75, 3.05) is 7.11 Å². The van der Waals surface area contributed by atoms with Crippen LogP contribution in [0.25, 0.3) is 28.2 Å². The minimum absolute atomic E-state index is 0.0760. The Labute approximate surface area is 171 Å². The molecule has 29 heavy (non-hydrogen) atoms. The Kier molecular flexibility index (Phi) is 4.56. The minimum Gasteiger partial charge on any atom is -0.366 e. The molecule has 3 heteroatoms. The van der Waals surface area contributed by atoms with Crippen molar-refractivity contribution in [3.05, 3.63) is 71.8 Å². The fraction of sp³-hybridized carbons (Fsp3) is 0.308. The summed E-state index contributed by atoms with van der Waals surface area (Å²) >= 11 is 0. The van der Waals surface area contributed by atoms with Gasteiger partial charge < -0.3 is 4.74 Å². The van der Waals surface area contributed by atoms with Crippen LogP contribution in [0.2, 0.25) is 0 Å². The van der Waals surface area contributed by atoms with E-state index in [0.717, 1.165) is 39.7 Å². The predicted molar refractivity (Wildman–Crippen MR) is 117 cm³/mol. The summed E-state index contributed by atoms with van der Waals surface area (Å²) in [6, 6.07) is 18.2. The van der Waals surface area contributed by atoms with Gasteiger partial charge in [0.15, 0.2) is 5.78 Å². The van der Waals surface area contributed by atoms with Crippen molar-refractivity contribution in [1.82, 2.24) is 4.98 Å². The van der Waals surface area contributed by atoms with Crippen molar-refractivity contribution in [3.63, 3.8) is 0 Å². The summed E-state index contributed by atoms with van der Waals surface area (Å²) in [4.78, 5) is 18.4. The van der Waals surface area contributed by atoms with E-state index in [0.29, 0.717) is 5.92 Å². The first-order valence-electron chi connectivity index (χ1n) is 10.5. The number of carbonyl (C=O) groups is 1. The van der Waals surface area contributed by atoms with E-state index in [9.17, 15) is 4.79 Å². The van der Waals surface area contributed by atoms with Gasteiger partial charge in [0, 0.05) is 23.6 Å². The van der Waals surface area contributed by atoms with Crippen molar-refractivity contribution in [1.29, 1.82) is 0 Å². The molecule has 1 saturated carbocycles. The van der Waals surface area contributed by atoms with Gasteiger partial charge in [0.25, 0.3) is 0 Å². The number of hydrogen-bond donors (Lipinski definition) is 0. The van der Waals surface area contributed by atoms with Gasteiger partial charge in [0.1, 0.15) is 5.60 Å². The molecule has 1 heterocycles. The molecule has 0 N–H and O–H groups in total. The third kappa shape index (κ3) is 3.20. The monoisotopic (exact) mass is 383 g/mol. The molecular formula is C26H25NO2. The Morgan fingerprint density at radius 2 is 1.90 bits per heavy atom. The number of hydrogen-bond acceptors (Lipinski definition) is 3. The molecule has 0 aliphatic heterocycles. The standard InChI is InChI=1S/C26H25NO2/c1-29-26(17-18-6-2-3-7-18)15-14-19-10-11-21(16-22(19)25(26)28)24-13-12-20-8-4-5-9-23(20)27-24/h4-5,8-16,18H,2-3,6-7,17H2,1H3. The second-order valence-electron chi connectivity index (χ2n) is 8.30. The highest BCUT2D eigenvalue weighted by Crippen LogP contribution is 2.39. The maximum Gasteiger partial charge on any atom is 0.199 e. The van der Waals surface area contributed by atoms with Gasteiger partial charge in [0.2, 0.25) is 0 Å². The first-order valence-corrected chi connectivity index (χ1v) is 10.5. The van der Waals surface area contributed by atoms with Crippen LogP contribution >= 0.6 is 0 Å². The van der Waals surface area contributed by atoms with Crippen LogP contribution in [0.4, 0.5) is 0 Å². The summed E-state index contributed by atoms with van der Waals surface area (Å²) in [5, 5.41) is 1.11. The van der Waals surface area contributed by atoms with Crippen LogP contribution in [0.15, 0.2) is 60.7 Å². The molecule has 1 fully saturated rings. The van der Waals surface area contributed by atoms with Crippen LogP contribution in [0.1, 0.15) is 48.0 Å². The van der Waals surface area contributed by atoms with Crippen LogP contribution < -0.4 is 0 Å². The molecule has 3 nitrogen and oxygen atoms in total. The highest BCUT2D eigenvalue weighted by atomic mass is 16.5. The molecule has 0 amide bonds. The topological polar surface area (TPSA) is 39.2 Å². The number of pyridine rings is 1. The predicted octanol–water partition coefficient (Wildman–Crippen LogP) is 6.08. The summed E-state index contributed by atoms with van der Waals surface area (Å²) in [6.45, 7) is 0. The molecular weight excluding hydrogens is 358 g/mol. The highest BCUT2D eigenvalue weighted by Gasteiger charge is 2.42. The maximum absolute atomic E-state index is 13.6. The lowest BCUT2D eigenvalue weighted by Gasteiger charge is -2.33. The summed E-state index contributed by atoms with van der Waals surface area (Å²) in [7, 11) is 1.66. The Balaban J connectivity index is 1.53. The summed E-state index contributed by atoms with van der Waals surface area (Å²) < 4.78 is 5.86. The van der Waals surface area contributed by atoms with Crippen molar-refractivity contribution in [3.8, 4) is 11.3 Å². The van der Waals surface area contributed by atoms with Crippen LogP contribution in [-0.4, -0.2) is 23.5 Å². The van der Waals surface area contributed by atoms with Crippen LogP contribution in [-0.2, 0) is 4.74 Å². The van der Waals surface area contributed by atoms with E-state index in [4.69, 9.17) is 9.72 Å². The maximum atomic E-state index is 13.6. The number of ketones is 1. The lowest BCUT2D eigenvalue weighted by atomic mass is 9.78. The lowest BCUT2D eigenvalue weighted by Crippen LogP contribution is -2.42. The highest BCUT2D eigenvalue weighted by molar-refractivity contribution is 6.09. The van der Waals surface area contributed by atoms with Gasteiger partial charge in [0.05, 0.1) is 11.2 Å². The van der Waals surface area contributed by atoms with Gasteiger partial charge in [-0.25, -0.2) is 4.98 Å². The van der Waals surface area contributed by atoms with E-state index >= 15 is 0 Å². The number of aromatic nitrogens is 1. The van der Waals surface area contributed by atoms with Crippen molar-refractivity contribution < 1.29 is 9.53 Å². The van der Waals surface area contributed by atoms with Crippen molar-refractivity contribution in [2.24, 2.45) is 5.92 Å². The number of Topliss-reactive ketones (excluding diaryl/α,β-unsaturated/α-hetero) is 1. The summed E-state index contributed by atoms with van der Waals surface area (Å²) in [6.07, 6.45) is 9.71. The van der Waals surface area contributed by atoms with Gasteiger partial charge in [-0.2, -0.15) is 0 Å². The molecule has 0 radical (unpaired) electrons. The van der Waals surface area contributed by atoms with Gasteiger partial charge in [-0.05, 0) is 42.2 Å². The molecule has 2 aromatic carbocycles. The Bertz CT molecular complexity index is 1110. The number of para-hydroxylation sites is 1. The quantitative estimate of drug-likeness (QED) is 0.548. The Hall–Kier alpha value is -2.78. The first kappa shape index (κ1) is 18.3. The van der Waals surface area contributed by atoms with Crippen molar-refractivity contribution in [2.45, 2.75) is 37.7 Å². The van der Waals surface area contributed by atoms with Crippen LogP contribution in [0, 0.1) is 5.92 Å². The van der Waals surface area contributed by atoms with E-state index < -0.39 is 5.60 Å². The molecule has 3 aromatic rings. The van der Waals surface area contributed by atoms with E-state index in [-0.39, 0.29) is 5.78 Å². The van der Waals surface area contributed by atoms with Crippen LogP contribution in [0.3, 0.4) is 0 Å². The second kappa shape index (κ2) is 7.23. The number of carbonyl (C=O) groups excluding carboxylic acids is 1. The second-order valence-corrected chi connectivity index (χ2v) is 8.30. The number of ether oxygens (including phenoxy) is 1. The largest absolute Gasteiger partial charge is 0.366 e. The normalized spacial score (nSPS) is 21.6. The van der Waals surface area contributed by atoms with Gasteiger partial charge in [-0.3, -0.25) is 4.79 Å². The number of benzene rings is 2. The molecule has 1 unspecified atom stereocenters. The number of rotatable bonds is 4. The average Bonchev–Trinajstić information content (AvgIpc) is 3.28. The Morgan fingerprint density at radius 1 is 1.07 bits per heavy atom. The first-order chi connectivity index (χ1) is 14.2. The number of nitrogens with zero attached hydrogens (tertiary/aromatic N) is 1. The summed E-state index contributed by atoms with van der Waals surface area (Å²) in [5.41, 5.74) is 3.66. The smallest absolute Gasteiger partial charge is 0.199 e. The zero-order valence-corrected chi connectivity index (χ0v) is 16.7. The van der Waals surface area contributed by atoms with Crippen LogP contribution in [0.5, 0.6) is 0 Å². The molecule has 146 valence electrons. The number of fused-ring (bicyclic) bond motifs is 2. The van der Waals surface area contributed by atoms with Gasteiger partial charge in [-0.15, -0.1) is 0 Å². The molecule has 5 rings (SSSR count). The molecule has 0 bridgehead atoms. The number of methoxy groups -OCH3 is 1. The fourth-order valence-electron chi connectivity index (χ4n) is 4.86. The lowest BCUT2D eigenvalue weighted by molar-refractivity contribution is 0.0160. The van der Waals surface area contributed by atoms with Gasteiger partial charge >= 0.3 is 0 Å². The van der Waals surface area contributed by atoms with Crippen molar-refractivity contribution >= 4 is 22.8 Å². The zero-order valence-electron chi connectivity index (χ0n) is 16.7. The molecule has 2 aliphatic rings. The summed E-state index contributed by atoms with van der Waals surface area (Å²) in [5.74, 6) is 0.641. The molecule has 0 saturated heterocycles. The molecule has 1 atom stereocenters. The minimum atomic E-state index is -0.836. The molecule has 0 spiro atoms. The Morgan fingerprint density at radius 3 is 2.72 bits per heavy atom. The molecule has 2 aliphatic carbocycles. The third-order valence-corrected chi connectivity index (χ3v) is 6.54.